The summed E-state index contributed by atoms with van der Waals surface area (Å²) in [6, 6.07) is 2.95. The molecule has 2 N–H and O–H groups in total. The molecule has 0 atom stereocenters. The van der Waals surface area contributed by atoms with E-state index in [9.17, 15) is 4.39 Å². The van der Waals surface area contributed by atoms with Gasteiger partial charge in [0.05, 0.1) is 0 Å². The number of hydrogen-bond acceptors (Lipinski definition) is 3. The maximum absolute atomic E-state index is 13.7. The van der Waals surface area contributed by atoms with Crippen LogP contribution in [-0.2, 0) is 0 Å². The van der Waals surface area contributed by atoms with Gasteiger partial charge in [0, 0.05) is 35.4 Å². The molecule has 2 nitrogen and oxygen atoms in total. The average molecular weight is 294 g/mol. The molecular weight excluding hydrogens is 271 g/mol. The molecule has 0 unspecified atom stereocenters. The van der Waals surface area contributed by atoms with Crippen LogP contribution in [0.2, 0.25) is 0 Å². The maximum Gasteiger partial charge on any atom is 0.139 e. The van der Waals surface area contributed by atoms with Gasteiger partial charge in [-0.05, 0) is 24.5 Å². The van der Waals surface area contributed by atoms with Gasteiger partial charge in [0.2, 0.25) is 0 Å². The predicted molar refractivity (Wildman–Crippen MR) is 88.3 cm³/mol. The third-order valence-electron chi connectivity index (χ3n) is 3.02. The average Bonchev–Trinajstić information content (AvgIpc) is 2.31. The van der Waals surface area contributed by atoms with Crippen molar-refractivity contribution in [3.05, 3.63) is 42.2 Å². The summed E-state index contributed by atoms with van der Waals surface area (Å²) >= 11 is 4.20. The topological polar surface area (TPSA) is 29.3 Å². The predicted octanol–water partition coefficient (Wildman–Crippen LogP) is 4.20. The highest BCUT2D eigenvalue weighted by molar-refractivity contribution is 7.80. The maximum atomic E-state index is 13.7. The van der Waals surface area contributed by atoms with Crippen molar-refractivity contribution in [3.8, 4) is 0 Å². The zero-order chi connectivity index (χ0) is 15.4. The second-order valence-electron chi connectivity index (χ2n) is 5.55. The Morgan fingerprint density at radius 2 is 2.00 bits per heavy atom. The molecule has 0 heterocycles. The van der Waals surface area contributed by atoms with Gasteiger partial charge in [-0.25, -0.2) is 4.39 Å². The van der Waals surface area contributed by atoms with Gasteiger partial charge in [-0.3, -0.25) is 0 Å². The van der Waals surface area contributed by atoms with E-state index in [0.717, 1.165) is 12.0 Å². The van der Waals surface area contributed by atoms with E-state index < -0.39 is 5.82 Å². The quantitative estimate of drug-likeness (QED) is 0.468. The number of nitrogens with two attached hydrogens (primary N) is 1. The number of rotatable bonds is 6. The molecule has 0 aliphatic heterocycles. The molecule has 0 amide bonds. The summed E-state index contributed by atoms with van der Waals surface area (Å²) in [5.74, 6) is 0.133. The minimum Gasteiger partial charge on any atom is -0.399 e. The van der Waals surface area contributed by atoms with Crippen LogP contribution in [0.4, 0.5) is 10.1 Å². The first-order valence-electron chi connectivity index (χ1n) is 6.57. The van der Waals surface area contributed by atoms with E-state index in [1.807, 2.05) is 11.9 Å². The van der Waals surface area contributed by atoms with E-state index in [1.165, 1.54) is 6.07 Å². The van der Waals surface area contributed by atoms with Crippen molar-refractivity contribution in [1.29, 1.82) is 0 Å². The van der Waals surface area contributed by atoms with Gasteiger partial charge in [-0.15, -0.1) is 12.6 Å². The summed E-state index contributed by atoms with van der Waals surface area (Å²) < 4.78 is 13.7. The highest BCUT2D eigenvalue weighted by atomic mass is 32.1. The Kier molecular flexibility index (Phi) is 5.69. The fraction of sp³-hybridized carbons (Fsp3) is 0.375. The Bertz CT molecular complexity index is 523. The molecule has 0 saturated carbocycles. The van der Waals surface area contributed by atoms with Crippen LogP contribution in [0.5, 0.6) is 0 Å². The molecule has 0 spiro atoms. The molecule has 0 fully saturated rings. The first-order chi connectivity index (χ1) is 9.22. The van der Waals surface area contributed by atoms with Crippen LogP contribution in [0.25, 0.3) is 5.70 Å². The fourth-order valence-corrected chi connectivity index (χ4v) is 2.38. The van der Waals surface area contributed by atoms with Gasteiger partial charge in [0.15, 0.2) is 0 Å². The molecular formula is C16H23FN2S. The zero-order valence-electron chi connectivity index (χ0n) is 12.4. The van der Waals surface area contributed by atoms with Gasteiger partial charge in [0.25, 0.3) is 0 Å². The Balaban J connectivity index is 2.87. The van der Waals surface area contributed by atoms with Crippen LogP contribution < -0.4 is 5.73 Å². The third-order valence-corrected chi connectivity index (χ3v) is 3.47. The van der Waals surface area contributed by atoms with Gasteiger partial charge >= 0.3 is 0 Å². The lowest BCUT2D eigenvalue weighted by atomic mass is 10.0. The minimum absolute atomic E-state index is 0.269. The molecule has 0 bridgehead atoms. The largest absolute Gasteiger partial charge is 0.399 e. The van der Waals surface area contributed by atoms with Crippen LogP contribution in [-0.4, -0.2) is 18.5 Å². The summed E-state index contributed by atoms with van der Waals surface area (Å²) in [6.45, 7) is 13.1. The van der Waals surface area contributed by atoms with Gasteiger partial charge in [0.1, 0.15) is 5.82 Å². The molecule has 1 aromatic carbocycles. The summed E-state index contributed by atoms with van der Waals surface area (Å²) in [6.07, 6.45) is 0.955. The zero-order valence-corrected chi connectivity index (χ0v) is 13.3. The number of benzene rings is 1. The Morgan fingerprint density at radius 1 is 1.40 bits per heavy atom. The molecule has 4 heteroatoms. The summed E-state index contributed by atoms with van der Waals surface area (Å²) in [7, 11) is 1.90. The summed E-state index contributed by atoms with van der Waals surface area (Å²) in [5.41, 5.74) is 8.47. The van der Waals surface area contributed by atoms with E-state index in [0.29, 0.717) is 29.4 Å². The smallest absolute Gasteiger partial charge is 0.139 e. The Labute approximate surface area is 126 Å². The van der Waals surface area contributed by atoms with E-state index in [-0.39, 0.29) is 4.90 Å². The standard InChI is InChI=1S/C16H23FN2S/c1-10(2)6-11(3)9-19(5)12(4)14-7-13(18)8-15(17)16(14)20/h7-8,10,20H,3-4,6,9,18H2,1-2,5H3. The Hall–Kier alpha value is -1.42. The van der Waals surface area contributed by atoms with E-state index in [1.54, 1.807) is 6.07 Å². The number of nitrogens with zero attached hydrogens (tertiary/aromatic N) is 1. The van der Waals surface area contributed by atoms with Crippen LogP contribution in [0, 0.1) is 11.7 Å². The van der Waals surface area contributed by atoms with Crippen LogP contribution in [0.3, 0.4) is 0 Å². The van der Waals surface area contributed by atoms with Crippen molar-refractivity contribution >= 4 is 24.0 Å². The molecule has 0 saturated heterocycles. The van der Waals surface area contributed by atoms with E-state index in [2.05, 4.69) is 39.6 Å². The molecule has 0 aliphatic rings. The van der Waals surface area contributed by atoms with E-state index >= 15 is 0 Å². The molecule has 1 rings (SSSR count). The highest BCUT2D eigenvalue weighted by Gasteiger charge is 2.13. The van der Waals surface area contributed by atoms with Crippen molar-refractivity contribution in [3.63, 3.8) is 0 Å². The van der Waals surface area contributed by atoms with Gasteiger partial charge < -0.3 is 10.6 Å². The van der Waals surface area contributed by atoms with Crippen molar-refractivity contribution in [2.45, 2.75) is 25.2 Å². The molecule has 0 aliphatic carbocycles. The number of likely N-dealkylation sites (N-methyl/N-ethyl adjacent to an activating group) is 1. The number of anilines is 1. The summed E-state index contributed by atoms with van der Waals surface area (Å²) in [4.78, 5) is 2.21. The lowest BCUT2D eigenvalue weighted by Gasteiger charge is -2.25. The monoisotopic (exact) mass is 294 g/mol. The van der Waals surface area contributed by atoms with Gasteiger partial charge in [-0.2, -0.15) is 0 Å². The van der Waals surface area contributed by atoms with Crippen molar-refractivity contribution in [2.75, 3.05) is 19.3 Å². The number of nitrogen functional groups attached to an aromatic ring is 1. The number of thiol groups is 1. The number of halogens is 1. The lowest BCUT2D eigenvalue weighted by molar-refractivity contribution is 0.496. The second kappa shape index (κ2) is 6.84. The highest BCUT2D eigenvalue weighted by Crippen LogP contribution is 2.28. The van der Waals surface area contributed by atoms with Crippen molar-refractivity contribution in [2.24, 2.45) is 5.92 Å². The Morgan fingerprint density at radius 3 is 2.55 bits per heavy atom. The normalized spacial score (nSPS) is 10.7. The summed E-state index contributed by atoms with van der Waals surface area (Å²) in [5, 5.41) is 0. The SMILES string of the molecule is C=C(CC(C)C)CN(C)C(=C)c1cc(N)cc(F)c1S. The third kappa shape index (κ3) is 4.30. The van der Waals surface area contributed by atoms with Crippen molar-refractivity contribution < 1.29 is 4.39 Å². The minimum atomic E-state index is -0.432. The molecule has 1 aromatic rings. The molecule has 110 valence electrons. The second-order valence-corrected chi connectivity index (χ2v) is 6.00. The lowest BCUT2D eigenvalue weighted by Crippen LogP contribution is -2.20. The fourth-order valence-electron chi connectivity index (χ4n) is 2.12. The van der Waals surface area contributed by atoms with E-state index in [4.69, 9.17) is 5.73 Å². The molecule has 0 aromatic heterocycles. The molecule has 20 heavy (non-hydrogen) atoms. The van der Waals surface area contributed by atoms with Crippen LogP contribution >= 0.6 is 12.6 Å². The first-order valence-corrected chi connectivity index (χ1v) is 7.02. The van der Waals surface area contributed by atoms with Crippen LogP contribution in [0.15, 0.2) is 35.8 Å². The van der Waals surface area contributed by atoms with Gasteiger partial charge in [-0.1, -0.05) is 32.6 Å². The first kappa shape index (κ1) is 16.6. The number of hydrogen-bond donors (Lipinski definition) is 2. The molecule has 0 radical (unpaired) electrons. The van der Waals surface area contributed by atoms with Crippen LogP contribution in [0.1, 0.15) is 25.8 Å². The van der Waals surface area contributed by atoms with Crippen molar-refractivity contribution in [1.82, 2.24) is 4.90 Å².